The molecule has 0 saturated heterocycles. The summed E-state index contributed by atoms with van der Waals surface area (Å²) in [6.45, 7) is 0. The van der Waals surface area contributed by atoms with Gasteiger partial charge >= 0.3 is 0 Å². The fraction of sp³-hybridized carbons (Fsp3) is 0.0588. The molecule has 2 heterocycles. The maximum absolute atomic E-state index is 12.6. The minimum absolute atomic E-state index is 0.0252. The second-order valence-electron chi connectivity index (χ2n) is 5.28. The normalized spacial score (nSPS) is 11.3. The van der Waals surface area contributed by atoms with E-state index in [0.717, 1.165) is 4.41 Å². The number of sulfonamides is 1. The van der Waals surface area contributed by atoms with Crippen molar-refractivity contribution >= 4 is 21.8 Å². The van der Waals surface area contributed by atoms with Gasteiger partial charge in [-0.1, -0.05) is 6.07 Å². The van der Waals surface area contributed by atoms with E-state index in [2.05, 4.69) is 10.2 Å². The molecule has 0 N–H and O–H groups in total. The maximum Gasteiger partial charge on any atom is 0.278 e. The summed E-state index contributed by atoms with van der Waals surface area (Å²) in [5.41, 5.74) is 1.90. The van der Waals surface area contributed by atoms with Gasteiger partial charge in [-0.3, -0.25) is 0 Å². The van der Waals surface area contributed by atoms with E-state index in [-0.39, 0.29) is 10.5 Å². The Kier molecular flexibility index (Phi) is 4.40. The van der Waals surface area contributed by atoms with Crippen molar-refractivity contribution < 1.29 is 8.42 Å². The number of hydrazone groups is 1. The molecule has 0 saturated carbocycles. The first-order valence-corrected chi connectivity index (χ1v) is 8.80. The molecule has 0 bridgehead atoms. The second kappa shape index (κ2) is 6.67. The van der Waals surface area contributed by atoms with Gasteiger partial charge in [0.2, 0.25) is 0 Å². The van der Waals surface area contributed by atoms with E-state index in [0.29, 0.717) is 16.6 Å². The average molecular weight is 364 g/mol. The molecule has 0 atom stereocenters. The van der Waals surface area contributed by atoms with Gasteiger partial charge < -0.3 is 0 Å². The van der Waals surface area contributed by atoms with Gasteiger partial charge in [0.1, 0.15) is 0 Å². The number of hydrogen-bond donors (Lipinski definition) is 0. The van der Waals surface area contributed by atoms with Crippen LogP contribution >= 0.6 is 0 Å². The number of rotatable bonds is 4. The van der Waals surface area contributed by atoms with Gasteiger partial charge in [-0.2, -0.15) is 33.6 Å². The standard InChI is InChI=1S/C17H12N6O2S/c1-22(26(24,25)16-4-2-3-13(7-16)9-18)20-11-15-12-21-23-6-5-14(10-19)8-17(15)23/h2-8,11-12H,1H3/b20-11+. The molecule has 0 fully saturated rings. The zero-order valence-electron chi connectivity index (χ0n) is 13.6. The van der Waals surface area contributed by atoms with Gasteiger partial charge in [-0.05, 0) is 30.3 Å². The lowest BCUT2D eigenvalue weighted by atomic mass is 10.2. The monoisotopic (exact) mass is 364 g/mol. The molecule has 0 unspecified atom stereocenters. The van der Waals surface area contributed by atoms with Crippen LogP contribution in [0.3, 0.4) is 0 Å². The molecule has 3 aromatic rings. The summed E-state index contributed by atoms with van der Waals surface area (Å²) >= 11 is 0. The Balaban J connectivity index is 1.93. The van der Waals surface area contributed by atoms with Crippen LogP contribution in [-0.4, -0.2) is 35.7 Å². The van der Waals surface area contributed by atoms with Crippen molar-refractivity contribution in [1.82, 2.24) is 14.0 Å². The number of hydrogen-bond acceptors (Lipinski definition) is 6. The topological polar surface area (TPSA) is 115 Å². The van der Waals surface area contributed by atoms with Gasteiger partial charge in [0.05, 0.1) is 46.1 Å². The van der Waals surface area contributed by atoms with Crippen LogP contribution in [0.5, 0.6) is 0 Å². The Morgan fingerprint density at radius 1 is 1.19 bits per heavy atom. The van der Waals surface area contributed by atoms with Gasteiger partial charge in [-0.15, -0.1) is 0 Å². The number of benzene rings is 1. The SMILES string of the molecule is CN(/N=C/c1cnn2ccc(C#N)cc12)S(=O)(=O)c1cccc(C#N)c1. The van der Waals surface area contributed by atoms with Gasteiger partial charge in [0.15, 0.2) is 0 Å². The van der Waals surface area contributed by atoms with Crippen LogP contribution in [0.15, 0.2) is 58.8 Å². The number of nitrogens with zero attached hydrogens (tertiary/aromatic N) is 6. The van der Waals surface area contributed by atoms with Crippen molar-refractivity contribution in [3.05, 3.63) is 65.5 Å². The molecule has 1 aromatic carbocycles. The first kappa shape index (κ1) is 17.1. The molecule has 2 aromatic heterocycles. The third-order valence-electron chi connectivity index (χ3n) is 3.65. The number of nitriles is 2. The quantitative estimate of drug-likeness (QED) is 0.516. The van der Waals surface area contributed by atoms with E-state index in [1.165, 1.54) is 43.7 Å². The van der Waals surface area contributed by atoms with Crippen LogP contribution in [0.25, 0.3) is 5.52 Å². The minimum Gasteiger partial charge on any atom is -0.240 e. The Hall–Kier alpha value is -3.69. The molecular weight excluding hydrogens is 352 g/mol. The fourth-order valence-corrected chi connectivity index (χ4v) is 3.26. The molecule has 8 nitrogen and oxygen atoms in total. The molecule has 0 aliphatic heterocycles. The Labute approximate surface area is 149 Å². The minimum atomic E-state index is -3.89. The van der Waals surface area contributed by atoms with Crippen LogP contribution in [0.1, 0.15) is 16.7 Å². The zero-order valence-corrected chi connectivity index (χ0v) is 14.4. The van der Waals surface area contributed by atoms with Crippen LogP contribution in [0, 0.1) is 22.7 Å². The van der Waals surface area contributed by atoms with E-state index in [1.54, 1.807) is 22.8 Å². The molecule has 0 spiro atoms. The summed E-state index contributed by atoms with van der Waals surface area (Å²) < 4.78 is 27.5. The van der Waals surface area contributed by atoms with Crippen LogP contribution in [0.4, 0.5) is 0 Å². The summed E-state index contributed by atoms with van der Waals surface area (Å²) in [5.74, 6) is 0. The molecular formula is C17H12N6O2S. The Morgan fingerprint density at radius 2 is 1.92 bits per heavy atom. The zero-order chi connectivity index (χ0) is 18.7. The largest absolute Gasteiger partial charge is 0.278 e. The van der Waals surface area contributed by atoms with Crippen LogP contribution in [-0.2, 0) is 10.0 Å². The molecule has 0 amide bonds. The second-order valence-corrected chi connectivity index (χ2v) is 7.23. The molecule has 0 radical (unpaired) electrons. The highest BCUT2D eigenvalue weighted by molar-refractivity contribution is 7.89. The fourth-order valence-electron chi connectivity index (χ4n) is 2.25. The van der Waals surface area contributed by atoms with Crippen LogP contribution in [0.2, 0.25) is 0 Å². The smallest absolute Gasteiger partial charge is 0.240 e. The van der Waals surface area contributed by atoms with E-state index in [9.17, 15) is 8.42 Å². The predicted molar refractivity (Wildman–Crippen MR) is 93.6 cm³/mol. The lowest BCUT2D eigenvalue weighted by Gasteiger charge is -2.13. The molecule has 9 heteroatoms. The molecule has 0 aliphatic rings. The van der Waals surface area contributed by atoms with Crippen molar-refractivity contribution in [1.29, 1.82) is 10.5 Å². The van der Waals surface area contributed by atoms with Crippen molar-refractivity contribution in [3.8, 4) is 12.1 Å². The summed E-state index contributed by atoms with van der Waals surface area (Å²) in [7, 11) is -2.58. The van der Waals surface area contributed by atoms with E-state index in [4.69, 9.17) is 10.5 Å². The van der Waals surface area contributed by atoms with Crippen molar-refractivity contribution in [2.75, 3.05) is 7.05 Å². The summed E-state index contributed by atoms with van der Waals surface area (Å²) in [6, 6.07) is 12.9. The van der Waals surface area contributed by atoms with E-state index in [1.807, 2.05) is 12.1 Å². The van der Waals surface area contributed by atoms with Crippen molar-refractivity contribution in [2.24, 2.45) is 5.10 Å². The molecule has 26 heavy (non-hydrogen) atoms. The van der Waals surface area contributed by atoms with Crippen molar-refractivity contribution in [3.63, 3.8) is 0 Å². The van der Waals surface area contributed by atoms with Crippen molar-refractivity contribution in [2.45, 2.75) is 4.90 Å². The highest BCUT2D eigenvalue weighted by Gasteiger charge is 2.19. The van der Waals surface area contributed by atoms with Crippen LogP contribution < -0.4 is 0 Å². The highest BCUT2D eigenvalue weighted by atomic mass is 32.2. The van der Waals surface area contributed by atoms with E-state index >= 15 is 0 Å². The van der Waals surface area contributed by atoms with Gasteiger partial charge in [-0.25, -0.2) is 4.52 Å². The molecule has 3 rings (SSSR count). The van der Waals surface area contributed by atoms with E-state index < -0.39 is 10.0 Å². The molecule has 128 valence electrons. The van der Waals surface area contributed by atoms with Gasteiger partial charge in [0.25, 0.3) is 10.0 Å². The number of aromatic nitrogens is 2. The lowest BCUT2D eigenvalue weighted by molar-refractivity contribution is 0.491. The number of pyridine rings is 1. The summed E-state index contributed by atoms with van der Waals surface area (Å²) in [4.78, 5) is -0.0252. The average Bonchev–Trinajstić information content (AvgIpc) is 3.08. The highest BCUT2D eigenvalue weighted by Crippen LogP contribution is 2.16. The maximum atomic E-state index is 12.6. The summed E-state index contributed by atoms with van der Waals surface area (Å²) in [5, 5.41) is 26.0. The first-order chi connectivity index (χ1) is 12.5. The third kappa shape index (κ3) is 3.11. The summed E-state index contributed by atoms with van der Waals surface area (Å²) in [6.07, 6.45) is 4.52. The Morgan fingerprint density at radius 3 is 2.65 bits per heavy atom. The van der Waals surface area contributed by atoms with Gasteiger partial charge in [0, 0.05) is 18.8 Å². The lowest BCUT2D eigenvalue weighted by Crippen LogP contribution is -2.22. The Bertz CT molecular complexity index is 1200. The predicted octanol–water partition coefficient (Wildman–Crippen LogP) is 1.73. The third-order valence-corrected chi connectivity index (χ3v) is 5.29. The molecule has 0 aliphatic carbocycles. The first-order valence-electron chi connectivity index (χ1n) is 7.36. The number of fused-ring (bicyclic) bond motifs is 1.